The summed E-state index contributed by atoms with van der Waals surface area (Å²) in [5.41, 5.74) is 1.50. The Balaban J connectivity index is 2.12. The second kappa shape index (κ2) is 4.40. The fraction of sp³-hybridized carbons (Fsp3) is 0.455. The zero-order valence-corrected chi connectivity index (χ0v) is 8.69. The lowest BCUT2D eigenvalue weighted by Gasteiger charge is -2.09. The molecule has 4 nitrogen and oxygen atoms in total. The molecule has 1 aromatic heterocycles. The first-order valence-corrected chi connectivity index (χ1v) is 5.09. The number of nitrogens with zero attached hydrogens (tertiary/aromatic N) is 1. The maximum Gasteiger partial charge on any atom is 0.356 e. The SMILES string of the molecule is COC(=O)c1ccc([C@H]2CCCN2)cn1. The molecule has 0 saturated carbocycles. The van der Waals surface area contributed by atoms with Crippen molar-refractivity contribution in [1.29, 1.82) is 0 Å². The molecule has 0 radical (unpaired) electrons. The molecule has 1 aliphatic heterocycles. The number of pyridine rings is 1. The van der Waals surface area contributed by atoms with Gasteiger partial charge < -0.3 is 10.1 Å². The Morgan fingerprint density at radius 1 is 1.60 bits per heavy atom. The van der Waals surface area contributed by atoms with Crippen molar-refractivity contribution in [3.05, 3.63) is 29.6 Å². The Bertz CT molecular complexity index is 342. The van der Waals surface area contributed by atoms with E-state index < -0.39 is 0 Å². The van der Waals surface area contributed by atoms with Crippen molar-refractivity contribution in [2.45, 2.75) is 18.9 Å². The molecule has 15 heavy (non-hydrogen) atoms. The lowest BCUT2D eigenvalue weighted by molar-refractivity contribution is 0.0594. The van der Waals surface area contributed by atoms with E-state index in [0.29, 0.717) is 11.7 Å². The molecule has 2 rings (SSSR count). The van der Waals surface area contributed by atoms with Crippen molar-refractivity contribution in [3.8, 4) is 0 Å². The van der Waals surface area contributed by atoms with Crippen LogP contribution in [0.2, 0.25) is 0 Å². The zero-order valence-electron chi connectivity index (χ0n) is 8.69. The first-order chi connectivity index (χ1) is 7.31. The van der Waals surface area contributed by atoms with E-state index in [1.807, 2.05) is 6.07 Å². The van der Waals surface area contributed by atoms with E-state index in [0.717, 1.165) is 18.5 Å². The molecule has 2 heterocycles. The van der Waals surface area contributed by atoms with Crippen LogP contribution >= 0.6 is 0 Å². The number of esters is 1. The fourth-order valence-corrected chi connectivity index (χ4v) is 1.81. The number of carbonyl (C=O) groups is 1. The highest BCUT2D eigenvalue weighted by Crippen LogP contribution is 2.22. The second-order valence-electron chi connectivity index (χ2n) is 3.62. The predicted octanol–water partition coefficient (Wildman–Crippen LogP) is 1.29. The van der Waals surface area contributed by atoms with Crippen LogP contribution in [0.25, 0.3) is 0 Å². The van der Waals surface area contributed by atoms with Crippen molar-refractivity contribution >= 4 is 5.97 Å². The number of rotatable bonds is 2. The number of hydrogen-bond donors (Lipinski definition) is 1. The summed E-state index contributed by atoms with van der Waals surface area (Å²) in [4.78, 5) is 15.2. The minimum absolute atomic E-state index is 0.360. The molecule has 1 atom stereocenters. The minimum Gasteiger partial charge on any atom is -0.464 e. The second-order valence-corrected chi connectivity index (χ2v) is 3.62. The van der Waals surface area contributed by atoms with E-state index in [1.54, 1.807) is 12.3 Å². The van der Waals surface area contributed by atoms with E-state index >= 15 is 0 Å². The van der Waals surface area contributed by atoms with Crippen molar-refractivity contribution in [1.82, 2.24) is 10.3 Å². The van der Waals surface area contributed by atoms with Gasteiger partial charge >= 0.3 is 5.97 Å². The molecule has 4 heteroatoms. The smallest absolute Gasteiger partial charge is 0.356 e. The summed E-state index contributed by atoms with van der Waals surface area (Å²) in [7, 11) is 1.36. The van der Waals surface area contributed by atoms with Crippen molar-refractivity contribution in [2.75, 3.05) is 13.7 Å². The van der Waals surface area contributed by atoms with Crippen LogP contribution < -0.4 is 5.32 Å². The predicted molar refractivity (Wildman–Crippen MR) is 55.6 cm³/mol. The van der Waals surface area contributed by atoms with Gasteiger partial charge in [0.1, 0.15) is 5.69 Å². The van der Waals surface area contributed by atoms with E-state index in [9.17, 15) is 4.79 Å². The van der Waals surface area contributed by atoms with Crippen LogP contribution in [-0.4, -0.2) is 24.6 Å². The van der Waals surface area contributed by atoms with Crippen LogP contribution in [-0.2, 0) is 4.74 Å². The molecule has 1 N–H and O–H groups in total. The summed E-state index contributed by atoms with van der Waals surface area (Å²) in [5, 5.41) is 3.38. The molecule has 1 aliphatic rings. The zero-order chi connectivity index (χ0) is 10.7. The van der Waals surface area contributed by atoms with Gasteiger partial charge in [0.2, 0.25) is 0 Å². The summed E-state index contributed by atoms with van der Waals surface area (Å²) >= 11 is 0. The van der Waals surface area contributed by atoms with Crippen LogP contribution in [0, 0.1) is 0 Å². The number of aromatic nitrogens is 1. The topological polar surface area (TPSA) is 51.2 Å². The maximum atomic E-state index is 11.1. The Kier molecular flexibility index (Phi) is 2.97. The highest BCUT2D eigenvalue weighted by molar-refractivity contribution is 5.86. The quantitative estimate of drug-likeness (QED) is 0.741. The number of methoxy groups -OCH3 is 1. The number of ether oxygens (including phenoxy) is 1. The first-order valence-electron chi connectivity index (χ1n) is 5.09. The molecule has 0 amide bonds. The summed E-state index contributed by atoms with van der Waals surface area (Å²) < 4.78 is 4.58. The molecule has 1 fully saturated rings. The van der Waals surface area contributed by atoms with Crippen LogP contribution in [0.3, 0.4) is 0 Å². The normalized spacial score (nSPS) is 20.2. The maximum absolute atomic E-state index is 11.1. The number of carbonyl (C=O) groups excluding carboxylic acids is 1. The summed E-state index contributed by atoms with van der Waals surface area (Å²) in [6, 6.07) is 4.04. The van der Waals surface area contributed by atoms with Gasteiger partial charge in [-0.1, -0.05) is 6.07 Å². The van der Waals surface area contributed by atoms with Gasteiger partial charge in [0.15, 0.2) is 0 Å². The van der Waals surface area contributed by atoms with Gasteiger partial charge in [-0.05, 0) is 31.0 Å². The number of nitrogens with one attached hydrogen (secondary N) is 1. The van der Waals surface area contributed by atoms with Crippen molar-refractivity contribution < 1.29 is 9.53 Å². The fourth-order valence-electron chi connectivity index (χ4n) is 1.81. The highest BCUT2D eigenvalue weighted by atomic mass is 16.5. The Morgan fingerprint density at radius 2 is 2.47 bits per heavy atom. The first kappa shape index (κ1) is 10.1. The van der Waals surface area contributed by atoms with Gasteiger partial charge in [0.25, 0.3) is 0 Å². The van der Waals surface area contributed by atoms with Crippen molar-refractivity contribution in [2.24, 2.45) is 0 Å². The van der Waals surface area contributed by atoms with E-state index in [2.05, 4.69) is 15.0 Å². The van der Waals surface area contributed by atoms with E-state index in [1.165, 1.54) is 13.5 Å². The average molecular weight is 206 g/mol. The van der Waals surface area contributed by atoms with Gasteiger partial charge in [-0.15, -0.1) is 0 Å². The highest BCUT2D eigenvalue weighted by Gasteiger charge is 2.16. The monoisotopic (exact) mass is 206 g/mol. The molecular weight excluding hydrogens is 192 g/mol. The van der Waals surface area contributed by atoms with Crippen LogP contribution in [0.15, 0.2) is 18.3 Å². The molecule has 0 bridgehead atoms. The molecular formula is C11H14N2O2. The van der Waals surface area contributed by atoms with E-state index in [-0.39, 0.29) is 5.97 Å². The minimum atomic E-state index is -0.388. The molecule has 0 aliphatic carbocycles. The molecule has 0 aromatic carbocycles. The molecule has 1 saturated heterocycles. The lowest BCUT2D eigenvalue weighted by Crippen LogP contribution is -2.13. The molecule has 0 unspecified atom stereocenters. The third kappa shape index (κ3) is 2.15. The van der Waals surface area contributed by atoms with Crippen LogP contribution in [0.5, 0.6) is 0 Å². The van der Waals surface area contributed by atoms with Gasteiger partial charge in [-0.25, -0.2) is 9.78 Å². The Morgan fingerprint density at radius 3 is 3.00 bits per heavy atom. The third-order valence-corrected chi connectivity index (χ3v) is 2.64. The van der Waals surface area contributed by atoms with Crippen LogP contribution in [0.1, 0.15) is 34.9 Å². The standard InChI is InChI=1S/C11H14N2O2/c1-15-11(14)10-5-4-8(7-13-10)9-3-2-6-12-9/h4-5,7,9,12H,2-3,6H2,1H3/t9-/m1/s1. The van der Waals surface area contributed by atoms with Crippen molar-refractivity contribution in [3.63, 3.8) is 0 Å². The van der Waals surface area contributed by atoms with Gasteiger partial charge in [-0.3, -0.25) is 0 Å². The average Bonchev–Trinajstić information content (AvgIpc) is 2.82. The molecule has 80 valence electrons. The van der Waals surface area contributed by atoms with Gasteiger partial charge in [0.05, 0.1) is 7.11 Å². The summed E-state index contributed by atoms with van der Waals surface area (Å²) in [6.45, 7) is 1.06. The largest absolute Gasteiger partial charge is 0.464 e. The lowest BCUT2D eigenvalue weighted by atomic mass is 10.1. The van der Waals surface area contributed by atoms with Gasteiger partial charge in [-0.2, -0.15) is 0 Å². The summed E-state index contributed by atoms with van der Waals surface area (Å²) in [6.07, 6.45) is 4.08. The number of hydrogen-bond acceptors (Lipinski definition) is 4. The summed E-state index contributed by atoms with van der Waals surface area (Å²) in [5.74, 6) is -0.388. The third-order valence-electron chi connectivity index (χ3n) is 2.64. The molecule has 0 spiro atoms. The van der Waals surface area contributed by atoms with E-state index in [4.69, 9.17) is 0 Å². The Labute approximate surface area is 88.7 Å². The Hall–Kier alpha value is -1.42. The van der Waals surface area contributed by atoms with Crippen LogP contribution in [0.4, 0.5) is 0 Å². The van der Waals surface area contributed by atoms with Gasteiger partial charge in [0, 0.05) is 12.2 Å². The molecule has 1 aromatic rings.